The number of hydrogen-bond donors (Lipinski definition) is 0. The van der Waals surface area contributed by atoms with Gasteiger partial charge in [0, 0.05) is 5.82 Å². The molecule has 0 radical (unpaired) electrons. The molecule has 0 saturated heterocycles. The van der Waals surface area contributed by atoms with Crippen molar-refractivity contribution in [2.75, 3.05) is 0 Å². The van der Waals surface area contributed by atoms with E-state index in [0.717, 1.165) is 28.7 Å². The summed E-state index contributed by atoms with van der Waals surface area (Å²) in [5, 5.41) is 0. The molecule has 0 bridgehead atoms. The molecule has 0 N–H and O–H groups in total. The van der Waals surface area contributed by atoms with Gasteiger partial charge in [-0.2, -0.15) is 12.1 Å². The van der Waals surface area contributed by atoms with E-state index in [1.165, 1.54) is 37.1 Å². The van der Waals surface area contributed by atoms with Gasteiger partial charge >= 0.3 is 40.3 Å². The molecule has 3 aliphatic carbocycles. The summed E-state index contributed by atoms with van der Waals surface area (Å²) in [6.07, 6.45) is 13.6. The molecule has 0 amide bonds. The maximum atomic E-state index is 13.1. The van der Waals surface area contributed by atoms with Crippen LogP contribution in [0.1, 0.15) is 30.4 Å². The summed E-state index contributed by atoms with van der Waals surface area (Å²) in [5.41, 5.74) is 3.54. The van der Waals surface area contributed by atoms with Gasteiger partial charge in [0.25, 0.3) is 0 Å². The SMILES string of the molecule is Fc1c[c-]c2c(c1)-c1cc(F)ccc1C2.[C-]1=CC=CC1.[Cl-].[Cl-].[Zr+2]=[C]1CC1. The van der Waals surface area contributed by atoms with Crippen molar-refractivity contribution >= 4 is 3.21 Å². The van der Waals surface area contributed by atoms with Gasteiger partial charge < -0.3 is 24.8 Å². The van der Waals surface area contributed by atoms with Crippen molar-refractivity contribution < 1.29 is 57.8 Å². The van der Waals surface area contributed by atoms with E-state index in [1.54, 1.807) is 33.5 Å². The third kappa shape index (κ3) is 6.69. The molecule has 5 rings (SSSR count). The van der Waals surface area contributed by atoms with Gasteiger partial charge in [0.2, 0.25) is 0 Å². The fourth-order valence-electron chi connectivity index (χ4n) is 2.43. The van der Waals surface area contributed by atoms with Crippen LogP contribution in [0.5, 0.6) is 0 Å². The van der Waals surface area contributed by atoms with Crippen LogP contribution in [-0.2, 0) is 30.7 Å². The van der Waals surface area contributed by atoms with E-state index in [9.17, 15) is 8.78 Å². The van der Waals surface area contributed by atoms with E-state index in [1.807, 2.05) is 12.2 Å². The summed E-state index contributed by atoms with van der Waals surface area (Å²) in [6.45, 7) is 0. The second-order valence-electron chi connectivity index (χ2n) is 5.79. The summed E-state index contributed by atoms with van der Waals surface area (Å²) < 4.78 is 27.8. The van der Waals surface area contributed by atoms with Crippen molar-refractivity contribution in [3.63, 3.8) is 0 Å². The molecule has 0 unspecified atom stereocenters. The zero-order valence-corrected chi connectivity index (χ0v) is 17.9. The van der Waals surface area contributed by atoms with Gasteiger partial charge in [0.15, 0.2) is 0 Å². The molecule has 2 aromatic carbocycles. The maximum absolute atomic E-state index is 13.1. The van der Waals surface area contributed by atoms with E-state index >= 15 is 0 Å². The molecule has 3 aliphatic rings. The van der Waals surface area contributed by atoms with Crippen molar-refractivity contribution in [3.8, 4) is 11.1 Å². The Morgan fingerprint density at radius 3 is 2.19 bits per heavy atom. The van der Waals surface area contributed by atoms with E-state index in [0.29, 0.717) is 6.42 Å². The molecule has 1 saturated carbocycles. The molecule has 1 fully saturated rings. The third-order valence-electron chi connectivity index (χ3n) is 3.81. The number of allylic oxidation sites excluding steroid dienone is 4. The summed E-state index contributed by atoms with van der Waals surface area (Å²) in [6, 6.07) is 10.3. The quantitative estimate of drug-likeness (QED) is 0.378. The summed E-state index contributed by atoms with van der Waals surface area (Å²) in [4.78, 5) is 0. The molecule has 5 heteroatoms. The molecular formula is C21H16Cl2F2Zr-2. The number of rotatable bonds is 0. The van der Waals surface area contributed by atoms with Gasteiger partial charge in [-0.3, -0.25) is 10.5 Å². The Morgan fingerprint density at radius 1 is 0.962 bits per heavy atom. The average molecular weight is 468 g/mol. The predicted octanol–water partition coefficient (Wildman–Crippen LogP) is -0.851. The Morgan fingerprint density at radius 2 is 1.65 bits per heavy atom. The van der Waals surface area contributed by atoms with Crippen LogP contribution in [0.3, 0.4) is 0 Å². The van der Waals surface area contributed by atoms with Gasteiger partial charge in [-0.05, 0) is 24.1 Å². The number of benzene rings is 2. The van der Waals surface area contributed by atoms with Crippen LogP contribution in [-0.4, -0.2) is 3.21 Å². The van der Waals surface area contributed by atoms with Crippen molar-refractivity contribution in [3.05, 3.63) is 83.5 Å². The second-order valence-corrected chi connectivity index (χ2v) is 7.53. The predicted molar refractivity (Wildman–Crippen MR) is 89.2 cm³/mol. The van der Waals surface area contributed by atoms with Gasteiger partial charge in [0.1, 0.15) is 5.82 Å². The molecule has 26 heavy (non-hydrogen) atoms. The monoisotopic (exact) mass is 466 g/mol. The molecule has 0 atom stereocenters. The van der Waals surface area contributed by atoms with Crippen LogP contribution >= 0.6 is 0 Å². The van der Waals surface area contributed by atoms with Crippen LogP contribution in [0.2, 0.25) is 0 Å². The number of halogens is 4. The molecule has 0 heterocycles. The average Bonchev–Trinajstić information content (AvgIpc) is 3.07. The first-order chi connectivity index (χ1) is 11.6. The zero-order chi connectivity index (χ0) is 16.9. The molecule has 0 spiro atoms. The van der Waals surface area contributed by atoms with Gasteiger partial charge in [-0.15, -0.1) is 29.7 Å². The minimum absolute atomic E-state index is 0. The zero-order valence-electron chi connectivity index (χ0n) is 14.0. The van der Waals surface area contributed by atoms with Gasteiger partial charge in [0.05, 0.1) is 0 Å². The Labute approximate surface area is 180 Å². The van der Waals surface area contributed by atoms with Crippen molar-refractivity contribution in [2.45, 2.75) is 25.7 Å². The van der Waals surface area contributed by atoms with Crippen LogP contribution < -0.4 is 24.8 Å². The third-order valence-corrected chi connectivity index (χ3v) is 5.04. The second kappa shape index (κ2) is 11.1. The Bertz CT molecular complexity index is 763. The molecule has 0 aliphatic heterocycles. The van der Waals surface area contributed by atoms with Crippen molar-refractivity contribution in [1.29, 1.82) is 0 Å². The van der Waals surface area contributed by atoms with E-state index in [4.69, 9.17) is 0 Å². The molecule has 0 aromatic heterocycles. The topological polar surface area (TPSA) is 0 Å². The Hall–Kier alpha value is -0.887. The summed E-state index contributed by atoms with van der Waals surface area (Å²) >= 11 is 1.66. The molecule has 2 aromatic rings. The van der Waals surface area contributed by atoms with Crippen LogP contribution in [0, 0.1) is 23.8 Å². The van der Waals surface area contributed by atoms with Gasteiger partial charge in [-0.1, -0.05) is 11.6 Å². The van der Waals surface area contributed by atoms with E-state index < -0.39 is 0 Å². The fourth-order valence-corrected chi connectivity index (χ4v) is 2.74. The standard InChI is InChI=1S/C13H7F2.C5H5.C3H4.2ClH.Zr/c14-10-3-1-8-5-9-2-4-11(15)7-13(9)12(8)6-10;1-2-4-5-3-1;1-2-3-1;;;/h1,3-4,6-7H,5H2;1-3H,4H2;1-2H2;2*1H;/q2*-1;;;;+2/p-2. The van der Waals surface area contributed by atoms with Crippen LogP contribution in [0.15, 0.2) is 48.6 Å². The van der Waals surface area contributed by atoms with Crippen LogP contribution in [0.4, 0.5) is 8.78 Å². The molecule has 0 nitrogen and oxygen atoms in total. The first-order valence-electron chi connectivity index (χ1n) is 7.90. The Kier molecular flexibility index (Phi) is 9.86. The first-order valence-corrected chi connectivity index (χ1v) is 9.13. The normalized spacial score (nSPS) is 13.9. The minimum atomic E-state index is -0.328. The number of hydrogen-bond acceptors (Lipinski definition) is 0. The summed E-state index contributed by atoms with van der Waals surface area (Å²) in [5.74, 6) is -0.614. The van der Waals surface area contributed by atoms with Crippen LogP contribution in [0.25, 0.3) is 11.1 Å². The van der Waals surface area contributed by atoms with E-state index in [2.05, 4.69) is 18.2 Å². The fraction of sp³-hybridized carbons (Fsp3) is 0.190. The number of fused-ring (bicyclic) bond motifs is 3. The summed E-state index contributed by atoms with van der Waals surface area (Å²) in [7, 11) is 0. The van der Waals surface area contributed by atoms with Crippen molar-refractivity contribution in [1.82, 2.24) is 0 Å². The molecule has 134 valence electrons. The van der Waals surface area contributed by atoms with Crippen molar-refractivity contribution in [2.24, 2.45) is 0 Å². The molecular weight excluding hydrogens is 452 g/mol. The van der Waals surface area contributed by atoms with E-state index in [-0.39, 0.29) is 36.4 Å². The van der Waals surface area contributed by atoms with Gasteiger partial charge in [-0.25, -0.2) is 16.5 Å². The first kappa shape index (κ1) is 23.2. The Balaban J connectivity index is 0.000000255.